The van der Waals surface area contributed by atoms with Crippen LogP contribution in [0.5, 0.6) is 0 Å². The van der Waals surface area contributed by atoms with Crippen LogP contribution in [-0.2, 0) is 19.1 Å². The Morgan fingerprint density at radius 1 is 1.00 bits per heavy atom. The highest BCUT2D eigenvalue weighted by molar-refractivity contribution is 6.11. The van der Waals surface area contributed by atoms with Crippen molar-refractivity contribution in [1.82, 2.24) is 4.98 Å². The Morgan fingerprint density at radius 3 is 2.47 bits per heavy atom. The van der Waals surface area contributed by atoms with E-state index in [1.807, 2.05) is 48.5 Å². The zero-order chi connectivity index (χ0) is 23.5. The van der Waals surface area contributed by atoms with Crippen molar-refractivity contribution in [2.75, 3.05) is 13.2 Å². The Kier molecular flexibility index (Phi) is 6.03. The summed E-state index contributed by atoms with van der Waals surface area (Å²) in [7, 11) is 0. The van der Waals surface area contributed by atoms with Gasteiger partial charge in [0.15, 0.2) is 6.29 Å². The largest absolute Gasteiger partial charge is 0.478 e. The van der Waals surface area contributed by atoms with Crippen molar-refractivity contribution in [1.29, 1.82) is 0 Å². The first-order valence-electron chi connectivity index (χ1n) is 10.8. The number of amidine groups is 1. The van der Waals surface area contributed by atoms with Gasteiger partial charge < -0.3 is 25.2 Å². The summed E-state index contributed by atoms with van der Waals surface area (Å²) < 4.78 is 11.5. The quantitative estimate of drug-likeness (QED) is 0.429. The molecule has 5 rings (SSSR count). The summed E-state index contributed by atoms with van der Waals surface area (Å²) in [4.78, 5) is 25.8. The number of aliphatic carboxylic acids is 1. The average Bonchev–Trinajstić information content (AvgIpc) is 3.55. The summed E-state index contributed by atoms with van der Waals surface area (Å²) in [5, 5.41) is 13.7. The lowest BCUT2D eigenvalue weighted by Crippen LogP contribution is -2.37. The van der Waals surface area contributed by atoms with Crippen LogP contribution in [0.3, 0.4) is 0 Å². The number of carbonyl (C=O) groups is 1. The first-order valence-corrected chi connectivity index (χ1v) is 10.8. The van der Waals surface area contributed by atoms with Crippen LogP contribution in [-0.4, -0.2) is 53.0 Å². The molecule has 0 bridgehead atoms. The standard InChI is InChI=1S/C25H22N4O5/c26-23(28-21-20(16-8-5-11-27-14-16)29-34-22(21)24(30)31)17-9-4-10-18(25-32-12-13-33-25)19(17)15-6-2-1-3-7-15/h1-11,14,21-22,25H,12-13H2,(H2,26,28)(H,30,31). The van der Waals surface area contributed by atoms with E-state index >= 15 is 0 Å². The lowest BCUT2D eigenvalue weighted by molar-refractivity contribution is -0.149. The van der Waals surface area contributed by atoms with E-state index in [0.29, 0.717) is 30.1 Å². The zero-order valence-electron chi connectivity index (χ0n) is 18.1. The van der Waals surface area contributed by atoms with Gasteiger partial charge in [-0.05, 0) is 17.7 Å². The molecule has 2 atom stereocenters. The van der Waals surface area contributed by atoms with E-state index < -0.39 is 24.4 Å². The van der Waals surface area contributed by atoms with Crippen molar-refractivity contribution in [2.45, 2.75) is 18.4 Å². The molecule has 0 radical (unpaired) electrons. The zero-order valence-corrected chi connectivity index (χ0v) is 18.1. The van der Waals surface area contributed by atoms with Gasteiger partial charge in [-0.2, -0.15) is 0 Å². The Morgan fingerprint density at radius 2 is 1.76 bits per heavy atom. The van der Waals surface area contributed by atoms with Crippen LogP contribution >= 0.6 is 0 Å². The fourth-order valence-electron chi connectivity index (χ4n) is 4.08. The topological polar surface area (TPSA) is 129 Å². The second kappa shape index (κ2) is 9.42. The first kappa shape index (κ1) is 21.7. The lowest BCUT2D eigenvalue weighted by Gasteiger charge is -2.19. The molecule has 3 N–H and O–H groups in total. The number of rotatable bonds is 6. The van der Waals surface area contributed by atoms with Crippen LogP contribution in [0.25, 0.3) is 11.1 Å². The molecular weight excluding hydrogens is 436 g/mol. The summed E-state index contributed by atoms with van der Waals surface area (Å²) in [6, 6.07) is 17.9. The Balaban J connectivity index is 1.61. The maximum absolute atomic E-state index is 11.9. The number of aliphatic imine (C=N–C) groups is 1. The van der Waals surface area contributed by atoms with E-state index in [-0.39, 0.29) is 5.84 Å². The minimum atomic E-state index is -1.31. The van der Waals surface area contributed by atoms with E-state index in [1.165, 1.54) is 0 Å². The third-order valence-corrected chi connectivity index (χ3v) is 5.62. The van der Waals surface area contributed by atoms with Crippen molar-refractivity contribution in [3.05, 3.63) is 89.7 Å². The number of nitrogens with zero attached hydrogens (tertiary/aromatic N) is 3. The van der Waals surface area contributed by atoms with Gasteiger partial charge in [0, 0.05) is 34.6 Å². The SMILES string of the molecule is NC(=NC1C(c2cccnc2)=NOC1C(=O)O)c1cccc(C2OCCO2)c1-c1ccccc1. The molecule has 1 aromatic heterocycles. The Hall–Kier alpha value is -4.08. The monoisotopic (exact) mass is 458 g/mol. The molecule has 3 aromatic rings. The second-order valence-electron chi connectivity index (χ2n) is 7.75. The highest BCUT2D eigenvalue weighted by Crippen LogP contribution is 2.35. The minimum Gasteiger partial charge on any atom is -0.478 e. The van der Waals surface area contributed by atoms with E-state index in [2.05, 4.69) is 15.1 Å². The molecular formula is C25H22N4O5. The Bertz CT molecular complexity index is 1240. The third-order valence-electron chi connectivity index (χ3n) is 5.62. The fraction of sp³-hybridized carbons (Fsp3) is 0.200. The predicted molar refractivity (Wildman–Crippen MR) is 124 cm³/mol. The van der Waals surface area contributed by atoms with Crippen molar-refractivity contribution in [3.8, 4) is 11.1 Å². The normalized spacial score (nSPS) is 20.7. The minimum absolute atomic E-state index is 0.150. The molecule has 34 heavy (non-hydrogen) atoms. The van der Waals surface area contributed by atoms with Gasteiger partial charge in [0.25, 0.3) is 6.10 Å². The number of nitrogens with two attached hydrogens (primary N) is 1. The maximum Gasteiger partial charge on any atom is 0.350 e. The van der Waals surface area contributed by atoms with Crippen molar-refractivity contribution in [3.63, 3.8) is 0 Å². The van der Waals surface area contributed by atoms with Gasteiger partial charge in [-0.1, -0.05) is 53.7 Å². The number of aromatic nitrogens is 1. The van der Waals surface area contributed by atoms with E-state index in [1.54, 1.807) is 24.5 Å². The molecule has 2 aliphatic heterocycles. The summed E-state index contributed by atoms with van der Waals surface area (Å²) in [6.07, 6.45) is 1.36. The van der Waals surface area contributed by atoms with Gasteiger partial charge in [0.1, 0.15) is 17.6 Å². The van der Waals surface area contributed by atoms with Crippen LogP contribution in [0, 0.1) is 0 Å². The van der Waals surface area contributed by atoms with Gasteiger partial charge in [0.05, 0.1) is 13.2 Å². The van der Waals surface area contributed by atoms with E-state index in [0.717, 1.165) is 16.7 Å². The maximum atomic E-state index is 11.9. The summed E-state index contributed by atoms with van der Waals surface area (Å²) in [5.41, 5.74) is 10.7. The van der Waals surface area contributed by atoms with Crippen LogP contribution in [0.15, 0.2) is 83.2 Å². The van der Waals surface area contributed by atoms with Crippen molar-refractivity contribution in [2.24, 2.45) is 15.9 Å². The smallest absolute Gasteiger partial charge is 0.350 e. The molecule has 0 spiro atoms. The number of oxime groups is 1. The van der Waals surface area contributed by atoms with Gasteiger partial charge in [-0.3, -0.25) is 9.98 Å². The molecule has 1 fully saturated rings. The lowest BCUT2D eigenvalue weighted by atomic mass is 9.93. The molecule has 3 heterocycles. The van der Waals surface area contributed by atoms with E-state index in [4.69, 9.17) is 20.0 Å². The first-order chi connectivity index (χ1) is 16.6. The molecule has 2 aliphatic rings. The number of carboxylic acids is 1. The summed E-state index contributed by atoms with van der Waals surface area (Å²) in [6.45, 7) is 0.995. The summed E-state index contributed by atoms with van der Waals surface area (Å²) >= 11 is 0. The van der Waals surface area contributed by atoms with Crippen LogP contribution in [0.2, 0.25) is 0 Å². The molecule has 0 amide bonds. The van der Waals surface area contributed by atoms with Crippen LogP contribution in [0.4, 0.5) is 0 Å². The molecule has 1 saturated heterocycles. The summed E-state index contributed by atoms with van der Waals surface area (Å²) in [5.74, 6) is -1.04. The molecule has 2 unspecified atom stereocenters. The van der Waals surface area contributed by atoms with Crippen LogP contribution in [0.1, 0.15) is 23.0 Å². The average molecular weight is 458 g/mol. The molecule has 9 heteroatoms. The molecule has 2 aromatic carbocycles. The molecule has 9 nitrogen and oxygen atoms in total. The highest BCUT2D eigenvalue weighted by Gasteiger charge is 2.41. The third kappa shape index (κ3) is 4.14. The van der Waals surface area contributed by atoms with Gasteiger partial charge >= 0.3 is 5.97 Å². The Labute approximate surface area is 195 Å². The number of hydrogen-bond donors (Lipinski definition) is 2. The molecule has 0 aliphatic carbocycles. The van der Waals surface area contributed by atoms with E-state index in [9.17, 15) is 9.90 Å². The second-order valence-corrected chi connectivity index (χ2v) is 7.75. The number of benzene rings is 2. The number of pyridine rings is 1. The predicted octanol–water partition coefficient (Wildman–Crippen LogP) is 2.76. The van der Waals surface area contributed by atoms with Crippen LogP contribution < -0.4 is 5.73 Å². The van der Waals surface area contributed by atoms with Crippen molar-refractivity contribution >= 4 is 17.5 Å². The highest BCUT2D eigenvalue weighted by atomic mass is 16.7. The van der Waals surface area contributed by atoms with Gasteiger partial charge in [-0.25, -0.2) is 4.79 Å². The van der Waals surface area contributed by atoms with Crippen molar-refractivity contribution < 1.29 is 24.2 Å². The number of ether oxygens (including phenoxy) is 2. The molecule has 172 valence electrons. The number of hydrogen-bond acceptors (Lipinski definition) is 7. The van der Waals surface area contributed by atoms with Gasteiger partial charge in [-0.15, -0.1) is 0 Å². The van der Waals surface area contributed by atoms with Gasteiger partial charge in [0.2, 0.25) is 0 Å². The molecule has 0 saturated carbocycles. The fourth-order valence-corrected chi connectivity index (χ4v) is 4.08. The number of carboxylic acid groups (broad SMARTS) is 1.